The molecule has 1 N–H and O–H groups in total. The van der Waals surface area contributed by atoms with Crippen molar-refractivity contribution >= 4 is 11.6 Å². The van der Waals surface area contributed by atoms with Gasteiger partial charge in [0, 0.05) is 39.2 Å². The minimum absolute atomic E-state index is 0.123. The number of oxazole rings is 1. The molecule has 2 aromatic heterocycles. The first kappa shape index (κ1) is 16.2. The third kappa shape index (κ3) is 3.32. The largest absolute Gasteiger partial charge is 0.448 e. The van der Waals surface area contributed by atoms with Gasteiger partial charge in [-0.05, 0) is 12.3 Å². The molecule has 8 nitrogen and oxygen atoms in total. The van der Waals surface area contributed by atoms with Crippen LogP contribution in [-0.2, 0) is 13.5 Å². The quantitative estimate of drug-likeness (QED) is 0.862. The summed E-state index contributed by atoms with van der Waals surface area (Å²) < 4.78 is 6.49. The van der Waals surface area contributed by atoms with Crippen molar-refractivity contribution < 1.29 is 9.21 Å². The molecule has 0 saturated carbocycles. The van der Waals surface area contributed by atoms with Crippen LogP contribution in [0.15, 0.2) is 27.9 Å². The van der Waals surface area contributed by atoms with E-state index in [1.165, 1.54) is 11.1 Å². The van der Waals surface area contributed by atoms with Crippen molar-refractivity contribution in [1.29, 1.82) is 0 Å². The van der Waals surface area contributed by atoms with Crippen LogP contribution in [0.25, 0.3) is 0 Å². The molecule has 1 amide bonds. The Morgan fingerprint density at radius 1 is 1.50 bits per heavy atom. The Labute approximate surface area is 139 Å². The lowest BCUT2D eigenvalue weighted by molar-refractivity contribution is 0.0942. The summed E-state index contributed by atoms with van der Waals surface area (Å²) in [6, 6.07) is 1.59. The molecular formula is C16H21N5O3. The number of hydrogen-bond acceptors (Lipinski definition) is 6. The number of carbonyl (C=O) groups excluding carboxylic acids is 1. The molecule has 1 aliphatic heterocycles. The smallest absolute Gasteiger partial charge is 0.273 e. The van der Waals surface area contributed by atoms with Gasteiger partial charge in [0.05, 0.1) is 11.9 Å². The van der Waals surface area contributed by atoms with Crippen molar-refractivity contribution in [2.24, 2.45) is 13.0 Å². The Hall–Kier alpha value is -2.64. The van der Waals surface area contributed by atoms with E-state index in [1.54, 1.807) is 19.3 Å². The highest BCUT2D eigenvalue weighted by atomic mass is 16.3. The normalized spacial score (nSPS) is 17.2. The molecule has 1 atom stereocenters. The number of anilines is 1. The maximum atomic E-state index is 12.2. The molecule has 3 heterocycles. The van der Waals surface area contributed by atoms with Crippen molar-refractivity contribution in [3.63, 3.8) is 0 Å². The Balaban J connectivity index is 1.55. The first-order chi connectivity index (χ1) is 11.6. The number of amides is 1. The molecule has 0 bridgehead atoms. The zero-order chi connectivity index (χ0) is 17.1. The van der Waals surface area contributed by atoms with Gasteiger partial charge in [0.25, 0.3) is 11.5 Å². The van der Waals surface area contributed by atoms with E-state index in [2.05, 4.69) is 20.3 Å². The van der Waals surface area contributed by atoms with Crippen molar-refractivity contribution in [2.45, 2.75) is 19.8 Å². The van der Waals surface area contributed by atoms with Gasteiger partial charge >= 0.3 is 0 Å². The lowest BCUT2D eigenvalue weighted by Crippen LogP contribution is -2.32. The van der Waals surface area contributed by atoms with Crippen molar-refractivity contribution in [2.75, 3.05) is 24.5 Å². The first-order valence-corrected chi connectivity index (χ1v) is 8.07. The molecule has 8 heteroatoms. The lowest BCUT2D eigenvalue weighted by atomic mass is 10.1. The fraction of sp³-hybridized carbons (Fsp3) is 0.500. The Morgan fingerprint density at radius 2 is 2.33 bits per heavy atom. The van der Waals surface area contributed by atoms with E-state index < -0.39 is 0 Å². The van der Waals surface area contributed by atoms with Crippen LogP contribution in [0.5, 0.6) is 0 Å². The molecule has 0 unspecified atom stereocenters. The summed E-state index contributed by atoms with van der Waals surface area (Å²) in [6.07, 6.45) is 4.59. The minimum Gasteiger partial charge on any atom is -0.448 e. The predicted molar refractivity (Wildman–Crippen MR) is 88.0 cm³/mol. The topological polar surface area (TPSA) is 93.3 Å². The summed E-state index contributed by atoms with van der Waals surface area (Å²) in [5.74, 6) is 0.732. The summed E-state index contributed by atoms with van der Waals surface area (Å²) in [4.78, 5) is 30.0. The molecule has 128 valence electrons. The summed E-state index contributed by atoms with van der Waals surface area (Å²) in [6.45, 7) is 4.13. The molecule has 0 aliphatic carbocycles. The van der Waals surface area contributed by atoms with E-state index in [-0.39, 0.29) is 11.5 Å². The molecule has 3 rings (SSSR count). The third-order valence-corrected chi connectivity index (χ3v) is 4.33. The van der Waals surface area contributed by atoms with Crippen LogP contribution in [0.2, 0.25) is 0 Å². The van der Waals surface area contributed by atoms with E-state index in [0.717, 1.165) is 25.2 Å². The number of rotatable bonds is 5. The molecule has 1 fully saturated rings. The third-order valence-electron chi connectivity index (χ3n) is 4.33. The van der Waals surface area contributed by atoms with Gasteiger partial charge in [-0.25, -0.2) is 9.67 Å². The zero-order valence-corrected chi connectivity index (χ0v) is 13.9. The highest BCUT2D eigenvalue weighted by Crippen LogP contribution is 2.21. The van der Waals surface area contributed by atoms with Gasteiger partial charge in [-0.15, -0.1) is 0 Å². The summed E-state index contributed by atoms with van der Waals surface area (Å²) in [7, 11) is 1.63. The van der Waals surface area contributed by atoms with Crippen LogP contribution >= 0.6 is 0 Å². The van der Waals surface area contributed by atoms with E-state index >= 15 is 0 Å². The van der Waals surface area contributed by atoms with E-state index in [4.69, 9.17) is 4.42 Å². The van der Waals surface area contributed by atoms with Crippen LogP contribution in [0, 0.1) is 5.92 Å². The molecule has 2 aromatic rings. The molecule has 0 aromatic carbocycles. The molecule has 24 heavy (non-hydrogen) atoms. The van der Waals surface area contributed by atoms with Gasteiger partial charge in [0.1, 0.15) is 5.76 Å². The van der Waals surface area contributed by atoms with Crippen LogP contribution in [0.3, 0.4) is 0 Å². The van der Waals surface area contributed by atoms with Crippen molar-refractivity contribution in [1.82, 2.24) is 20.1 Å². The molecule has 1 aliphatic rings. The number of aryl methyl sites for hydroxylation is 2. The Bertz CT molecular complexity index is 782. The van der Waals surface area contributed by atoms with Gasteiger partial charge in [0.15, 0.2) is 12.1 Å². The average Bonchev–Trinajstić information content (AvgIpc) is 3.24. The van der Waals surface area contributed by atoms with Gasteiger partial charge < -0.3 is 14.6 Å². The van der Waals surface area contributed by atoms with E-state index in [9.17, 15) is 9.59 Å². The second-order valence-corrected chi connectivity index (χ2v) is 5.96. The molecule has 0 spiro atoms. The highest BCUT2D eigenvalue weighted by Gasteiger charge is 2.24. The second-order valence-electron chi connectivity index (χ2n) is 5.96. The van der Waals surface area contributed by atoms with Crippen molar-refractivity contribution in [3.05, 3.63) is 40.5 Å². The van der Waals surface area contributed by atoms with Crippen molar-refractivity contribution in [3.8, 4) is 0 Å². The van der Waals surface area contributed by atoms with Gasteiger partial charge in [-0.2, -0.15) is 5.10 Å². The molecular weight excluding hydrogens is 310 g/mol. The standard InChI is InChI=1S/C16H21N5O3/c1-3-13-15(18-10-24-13)16(23)17-7-11-4-5-21(9-11)12-6-14(22)20(2)19-8-12/h6,8,10-11H,3-5,7,9H2,1-2H3,(H,17,23)/t11-/m0/s1. The Morgan fingerprint density at radius 3 is 3.08 bits per heavy atom. The maximum absolute atomic E-state index is 12.2. The van der Waals surface area contributed by atoms with E-state index in [1.807, 2.05) is 6.92 Å². The highest BCUT2D eigenvalue weighted by molar-refractivity contribution is 5.93. The Kier molecular flexibility index (Phi) is 4.64. The fourth-order valence-electron chi connectivity index (χ4n) is 2.89. The number of carbonyl (C=O) groups is 1. The van der Waals surface area contributed by atoms with Gasteiger partial charge in [0.2, 0.25) is 0 Å². The summed E-state index contributed by atoms with van der Waals surface area (Å²) >= 11 is 0. The average molecular weight is 331 g/mol. The number of nitrogens with one attached hydrogen (secondary N) is 1. The summed E-state index contributed by atoms with van der Waals surface area (Å²) in [5.41, 5.74) is 1.07. The zero-order valence-electron chi connectivity index (χ0n) is 13.9. The SMILES string of the molecule is CCc1ocnc1C(=O)NC[C@@H]1CCN(c2cnn(C)c(=O)c2)C1. The lowest BCUT2D eigenvalue weighted by Gasteiger charge is -2.18. The van der Waals surface area contributed by atoms with Gasteiger partial charge in [-0.1, -0.05) is 6.92 Å². The molecule has 0 radical (unpaired) electrons. The first-order valence-electron chi connectivity index (χ1n) is 8.07. The minimum atomic E-state index is -0.200. The van der Waals surface area contributed by atoms with Crippen LogP contribution in [0.4, 0.5) is 5.69 Å². The molecule has 1 saturated heterocycles. The summed E-state index contributed by atoms with van der Waals surface area (Å²) in [5, 5.41) is 6.97. The maximum Gasteiger partial charge on any atom is 0.273 e. The number of nitrogens with zero attached hydrogens (tertiary/aromatic N) is 4. The van der Waals surface area contributed by atoms with Crippen LogP contribution < -0.4 is 15.8 Å². The van der Waals surface area contributed by atoms with E-state index in [0.29, 0.717) is 30.3 Å². The monoisotopic (exact) mass is 331 g/mol. The van der Waals surface area contributed by atoms with Crippen LogP contribution in [-0.4, -0.2) is 40.3 Å². The predicted octanol–water partition coefficient (Wildman–Crippen LogP) is 0.587. The van der Waals surface area contributed by atoms with Gasteiger partial charge in [-0.3, -0.25) is 9.59 Å². The second kappa shape index (κ2) is 6.86. The van der Waals surface area contributed by atoms with Crippen LogP contribution in [0.1, 0.15) is 29.6 Å². The number of aromatic nitrogens is 3. The number of hydrogen-bond donors (Lipinski definition) is 1. The fourth-order valence-corrected chi connectivity index (χ4v) is 2.89.